The van der Waals surface area contributed by atoms with Crippen molar-refractivity contribution in [1.82, 2.24) is 9.97 Å². The van der Waals surface area contributed by atoms with Crippen molar-refractivity contribution >= 4 is 34.9 Å². The second kappa shape index (κ2) is 7.24. The third-order valence-corrected chi connectivity index (χ3v) is 3.44. The number of amides is 1. The van der Waals surface area contributed by atoms with Crippen LogP contribution in [-0.2, 0) is 9.59 Å². The number of hydrogen-bond donors (Lipinski definition) is 1. The zero-order valence-corrected chi connectivity index (χ0v) is 12.5. The minimum absolute atomic E-state index is 0.291. The number of aromatic nitrogens is 2. The van der Waals surface area contributed by atoms with Crippen molar-refractivity contribution in [2.45, 2.75) is 6.92 Å². The maximum atomic E-state index is 12.0. The van der Waals surface area contributed by atoms with Gasteiger partial charge in [-0.1, -0.05) is 6.07 Å². The normalized spacial score (nSPS) is 11.8. The van der Waals surface area contributed by atoms with Crippen molar-refractivity contribution in [3.05, 3.63) is 46.6 Å². The summed E-state index contributed by atoms with van der Waals surface area (Å²) in [7, 11) is 0. The number of carbonyl (C=O) groups excluding carboxylic acids is 2. The van der Waals surface area contributed by atoms with Gasteiger partial charge in [0.05, 0.1) is 16.8 Å². The van der Waals surface area contributed by atoms with E-state index in [4.69, 9.17) is 5.26 Å². The van der Waals surface area contributed by atoms with E-state index < -0.39 is 17.6 Å². The number of carbonyl (C=O) groups is 2. The fourth-order valence-electron chi connectivity index (χ4n) is 1.61. The van der Waals surface area contributed by atoms with Crippen LogP contribution in [-0.4, -0.2) is 21.7 Å². The standard InChI is InChI=1S/C15H12N4O2S/c1-10-18-11(9-22-10)5-6-13(20)12(8-16)15(21)19-14-4-2-3-7-17-14/h2-7,9,12H,1H3,(H,17,19,21)/b6-5+/t12-/m0/s1. The predicted octanol–water partition coefficient (Wildman–Crippen LogP) is 2.21. The molecule has 1 amide bonds. The summed E-state index contributed by atoms with van der Waals surface area (Å²) in [5.41, 5.74) is 0.623. The van der Waals surface area contributed by atoms with Gasteiger partial charge in [-0.15, -0.1) is 11.3 Å². The van der Waals surface area contributed by atoms with Crippen LogP contribution in [0.5, 0.6) is 0 Å². The van der Waals surface area contributed by atoms with Crippen LogP contribution in [0.15, 0.2) is 35.9 Å². The van der Waals surface area contributed by atoms with Gasteiger partial charge in [-0.05, 0) is 31.2 Å². The van der Waals surface area contributed by atoms with E-state index in [9.17, 15) is 9.59 Å². The summed E-state index contributed by atoms with van der Waals surface area (Å²) in [5.74, 6) is -2.43. The smallest absolute Gasteiger partial charge is 0.250 e. The summed E-state index contributed by atoms with van der Waals surface area (Å²) in [6, 6.07) is 6.67. The highest BCUT2D eigenvalue weighted by molar-refractivity contribution is 7.09. The maximum absolute atomic E-state index is 12.0. The Labute approximate surface area is 131 Å². The fraction of sp³-hybridized carbons (Fsp3) is 0.133. The number of rotatable bonds is 5. The molecule has 1 N–H and O–H groups in total. The van der Waals surface area contributed by atoms with E-state index in [1.807, 2.05) is 6.92 Å². The minimum atomic E-state index is -1.42. The molecular weight excluding hydrogens is 300 g/mol. The van der Waals surface area contributed by atoms with Gasteiger partial charge in [-0.3, -0.25) is 9.59 Å². The molecule has 0 fully saturated rings. The van der Waals surface area contributed by atoms with Crippen molar-refractivity contribution in [3.63, 3.8) is 0 Å². The molecule has 0 saturated carbocycles. The molecule has 0 bridgehead atoms. The molecule has 22 heavy (non-hydrogen) atoms. The third kappa shape index (κ3) is 4.07. The number of thiazole rings is 1. The second-order valence-corrected chi connectivity index (χ2v) is 5.36. The molecule has 7 heteroatoms. The molecule has 0 aliphatic carbocycles. The lowest BCUT2D eigenvalue weighted by Gasteiger charge is -2.06. The molecule has 0 aromatic carbocycles. The van der Waals surface area contributed by atoms with Gasteiger partial charge in [-0.2, -0.15) is 5.26 Å². The predicted molar refractivity (Wildman–Crippen MR) is 82.9 cm³/mol. The lowest BCUT2D eigenvalue weighted by atomic mass is 10.0. The van der Waals surface area contributed by atoms with E-state index >= 15 is 0 Å². The molecule has 2 aromatic rings. The highest BCUT2D eigenvalue weighted by atomic mass is 32.1. The Hall–Kier alpha value is -2.85. The number of anilines is 1. The number of aryl methyl sites for hydroxylation is 1. The van der Waals surface area contributed by atoms with Crippen LogP contribution in [0, 0.1) is 24.2 Å². The molecule has 2 heterocycles. The molecule has 0 aliphatic rings. The van der Waals surface area contributed by atoms with E-state index in [0.29, 0.717) is 11.5 Å². The average molecular weight is 312 g/mol. The number of nitrogens with one attached hydrogen (secondary N) is 1. The topological polar surface area (TPSA) is 95.7 Å². The average Bonchev–Trinajstić information content (AvgIpc) is 2.92. The van der Waals surface area contributed by atoms with Crippen molar-refractivity contribution in [1.29, 1.82) is 5.26 Å². The third-order valence-electron chi connectivity index (χ3n) is 2.65. The Bertz CT molecular complexity index is 746. The molecule has 0 spiro atoms. The first-order valence-corrected chi connectivity index (χ1v) is 7.23. The largest absolute Gasteiger partial charge is 0.309 e. The van der Waals surface area contributed by atoms with Gasteiger partial charge < -0.3 is 5.32 Å². The summed E-state index contributed by atoms with van der Waals surface area (Å²) in [6.07, 6.45) is 4.19. The molecule has 2 rings (SSSR count). The van der Waals surface area contributed by atoms with Crippen molar-refractivity contribution in [2.75, 3.05) is 5.32 Å². The highest BCUT2D eigenvalue weighted by Gasteiger charge is 2.24. The summed E-state index contributed by atoms with van der Waals surface area (Å²) in [5, 5.41) is 14.1. The van der Waals surface area contributed by atoms with Gasteiger partial charge >= 0.3 is 0 Å². The Morgan fingerprint density at radius 2 is 2.27 bits per heavy atom. The van der Waals surface area contributed by atoms with E-state index in [-0.39, 0.29) is 0 Å². The van der Waals surface area contributed by atoms with Crippen LogP contribution in [0.25, 0.3) is 6.08 Å². The minimum Gasteiger partial charge on any atom is -0.309 e. The van der Waals surface area contributed by atoms with Crippen molar-refractivity contribution in [3.8, 4) is 6.07 Å². The highest BCUT2D eigenvalue weighted by Crippen LogP contribution is 2.11. The second-order valence-electron chi connectivity index (χ2n) is 4.29. The summed E-state index contributed by atoms with van der Waals surface area (Å²) in [6.45, 7) is 1.85. The summed E-state index contributed by atoms with van der Waals surface area (Å²) < 4.78 is 0. The Balaban J connectivity index is 2.04. The zero-order chi connectivity index (χ0) is 15.9. The van der Waals surface area contributed by atoms with Gasteiger partial charge in [0.15, 0.2) is 11.7 Å². The lowest BCUT2D eigenvalue weighted by molar-refractivity contribution is -0.126. The first-order chi connectivity index (χ1) is 10.6. The van der Waals surface area contributed by atoms with Gasteiger partial charge in [0.1, 0.15) is 5.82 Å². The molecule has 0 radical (unpaired) electrons. The molecular formula is C15H12N4O2S. The summed E-state index contributed by atoms with van der Waals surface area (Å²) in [4.78, 5) is 32.0. The summed E-state index contributed by atoms with van der Waals surface area (Å²) >= 11 is 1.45. The molecule has 0 aliphatic heterocycles. The van der Waals surface area contributed by atoms with Crippen LogP contribution >= 0.6 is 11.3 Å². The number of ketones is 1. The van der Waals surface area contributed by atoms with Crippen molar-refractivity contribution < 1.29 is 9.59 Å². The van der Waals surface area contributed by atoms with Crippen LogP contribution < -0.4 is 5.32 Å². The first-order valence-electron chi connectivity index (χ1n) is 6.35. The van der Waals surface area contributed by atoms with Crippen LogP contribution in [0.2, 0.25) is 0 Å². The number of hydrogen-bond acceptors (Lipinski definition) is 6. The van der Waals surface area contributed by atoms with Gasteiger partial charge in [0.25, 0.3) is 5.91 Å². The van der Waals surface area contributed by atoms with Crippen LogP contribution in [0.3, 0.4) is 0 Å². The SMILES string of the molecule is Cc1nc(/C=C/C(=O)[C@H](C#N)C(=O)Nc2ccccn2)cs1. The van der Waals surface area contributed by atoms with E-state index in [1.54, 1.807) is 29.6 Å². The van der Waals surface area contributed by atoms with E-state index in [2.05, 4.69) is 15.3 Å². The molecule has 110 valence electrons. The number of pyridine rings is 1. The number of nitrogens with zero attached hydrogens (tertiary/aromatic N) is 3. The molecule has 6 nitrogen and oxygen atoms in total. The quantitative estimate of drug-likeness (QED) is 0.674. The van der Waals surface area contributed by atoms with Crippen molar-refractivity contribution in [2.24, 2.45) is 5.92 Å². The van der Waals surface area contributed by atoms with Crippen LogP contribution in [0.1, 0.15) is 10.7 Å². The molecule has 0 unspecified atom stereocenters. The first kappa shape index (κ1) is 15.5. The molecule has 0 saturated heterocycles. The van der Waals surface area contributed by atoms with Gasteiger partial charge in [0, 0.05) is 11.6 Å². The molecule has 1 atom stereocenters. The van der Waals surface area contributed by atoms with E-state index in [1.165, 1.54) is 29.7 Å². The number of allylic oxidation sites excluding steroid dienone is 1. The van der Waals surface area contributed by atoms with Crippen LogP contribution in [0.4, 0.5) is 5.82 Å². The monoisotopic (exact) mass is 312 g/mol. The zero-order valence-electron chi connectivity index (χ0n) is 11.7. The van der Waals surface area contributed by atoms with Gasteiger partial charge in [0.2, 0.25) is 0 Å². The van der Waals surface area contributed by atoms with Gasteiger partial charge in [-0.25, -0.2) is 9.97 Å². The Morgan fingerprint density at radius 1 is 1.45 bits per heavy atom. The fourth-order valence-corrected chi connectivity index (χ4v) is 2.19. The Morgan fingerprint density at radius 3 is 2.86 bits per heavy atom. The maximum Gasteiger partial charge on any atom is 0.250 e. The lowest BCUT2D eigenvalue weighted by Crippen LogP contribution is -2.27. The number of nitriles is 1. The van der Waals surface area contributed by atoms with E-state index in [0.717, 1.165) is 5.01 Å². The molecule has 2 aromatic heterocycles. The Kier molecular flexibility index (Phi) is 5.11.